The number of rotatable bonds is 3. The van der Waals surface area contributed by atoms with Crippen molar-refractivity contribution in [3.05, 3.63) is 48.0 Å². The van der Waals surface area contributed by atoms with E-state index in [0.717, 1.165) is 5.56 Å². The van der Waals surface area contributed by atoms with Crippen molar-refractivity contribution in [2.45, 2.75) is 39.1 Å². The minimum absolute atomic E-state index is 0.206. The van der Waals surface area contributed by atoms with Crippen LogP contribution in [0.5, 0.6) is 0 Å². The lowest BCUT2D eigenvalue weighted by molar-refractivity contribution is -0.0247. The van der Waals surface area contributed by atoms with E-state index in [1.165, 1.54) is 4.90 Å². The number of benzene rings is 1. The van der Waals surface area contributed by atoms with Gasteiger partial charge in [0, 0.05) is 6.54 Å². The van der Waals surface area contributed by atoms with Crippen LogP contribution in [0.15, 0.2) is 42.5 Å². The highest BCUT2D eigenvalue weighted by Gasteiger charge is 2.26. The lowest BCUT2D eigenvalue weighted by atomic mass is 10.2. The molecule has 0 spiro atoms. The van der Waals surface area contributed by atoms with E-state index in [2.05, 4.69) is 0 Å². The van der Waals surface area contributed by atoms with Gasteiger partial charge in [0.15, 0.2) is 0 Å². The molecular weight excluding hydrogens is 310 g/mol. The summed E-state index contributed by atoms with van der Waals surface area (Å²) in [6.45, 7) is 6.15. The van der Waals surface area contributed by atoms with Crippen molar-refractivity contribution >= 4 is 12.2 Å². The summed E-state index contributed by atoms with van der Waals surface area (Å²) in [4.78, 5) is 25.3. The molecule has 1 atom stereocenters. The van der Waals surface area contributed by atoms with Crippen LogP contribution < -0.4 is 0 Å². The fourth-order valence-corrected chi connectivity index (χ4v) is 2.13. The molecule has 0 unspecified atom stereocenters. The van der Waals surface area contributed by atoms with Crippen molar-refractivity contribution < 1.29 is 23.8 Å². The Kier molecular flexibility index (Phi) is 5.84. The molecule has 0 radical (unpaired) electrons. The van der Waals surface area contributed by atoms with Gasteiger partial charge in [0.1, 0.15) is 18.3 Å². The topological polar surface area (TPSA) is 65.1 Å². The van der Waals surface area contributed by atoms with Gasteiger partial charge >= 0.3 is 12.2 Å². The summed E-state index contributed by atoms with van der Waals surface area (Å²) in [7, 11) is 0. The first-order valence-electron chi connectivity index (χ1n) is 7.85. The molecule has 0 saturated heterocycles. The predicted molar refractivity (Wildman–Crippen MR) is 88.4 cm³/mol. The molecule has 0 fully saturated rings. The summed E-state index contributed by atoms with van der Waals surface area (Å²) in [5.41, 5.74) is 0.295. The fraction of sp³-hybridized carbons (Fsp3) is 0.444. The first-order chi connectivity index (χ1) is 11.3. The van der Waals surface area contributed by atoms with E-state index in [9.17, 15) is 9.59 Å². The number of hydrogen-bond acceptors (Lipinski definition) is 5. The monoisotopic (exact) mass is 333 g/mol. The van der Waals surface area contributed by atoms with E-state index >= 15 is 0 Å². The third-order valence-electron chi connectivity index (χ3n) is 3.18. The summed E-state index contributed by atoms with van der Waals surface area (Å²) in [6.07, 6.45) is 1.77. The van der Waals surface area contributed by atoms with E-state index in [1.54, 1.807) is 32.9 Å². The van der Waals surface area contributed by atoms with Gasteiger partial charge in [-0.05, 0) is 32.4 Å². The molecule has 0 bridgehead atoms. The molecule has 0 N–H and O–H groups in total. The van der Waals surface area contributed by atoms with Crippen LogP contribution in [0.4, 0.5) is 9.59 Å². The molecule has 1 aliphatic rings. The van der Waals surface area contributed by atoms with Gasteiger partial charge in [-0.25, -0.2) is 9.59 Å². The zero-order chi connectivity index (χ0) is 17.6. The first-order valence-corrected chi connectivity index (χ1v) is 7.85. The average molecular weight is 333 g/mol. The zero-order valence-corrected chi connectivity index (χ0v) is 14.2. The Morgan fingerprint density at radius 1 is 1.21 bits per heavy atom. The number of amides is 1. The van der Waals surface area contributed by atoms with Gasteiger partial charge in [0.2, 0.25) is 0 Å². The van der Waals surface area contributed by atoms with Gasteiger partial charge in [0.25, 0.3) is 0 Å². The Labute approximate surface area is 142 Å². The standard InChI is InChI=1S/C18H23NO5/c1-18(2,3)24-17(21)23-15-10-7-11-19(12-15)16(20)22-13-14-8-5-4-6-9-14/h4-10,15H,11-13H2,1-3H3/t15-/m0/s1. The highest BCUT2D eigenvalue weighted by Crippen LogP contribution is 2.13. The summed E-state index contributed by atoms with van der Waals surface area (Å²) in [5.74, 6) is 0. The van der Waals surface area contributed by atoms with Crippen molar-refractivity contribution in [3.63, 3.8) is 0 Å². The Morgan fingerprint density at radius 2 is 1.92 bits per heavy atom. The van der Waals surface area contributed by atoms with Crippen molar-refractivity contribution in [1.29, 1.82) is 0 Å². The second-order valence-electron chi connectivity index (χ2n) is 6.49. The van der Waals surface area contributed by atoms with E-state index in [1.807, 2.05) is 30.3 Å². The second-order valence-corrected chi connectivity index (χ2v) is 6.49. The van der Waals surface area contributed by atoms with E-state index in [0.29, 0.717) is 6.54 Å². The highest BCUT2D eigenvalue weighted by atomic mass is 16.7. The SMILES string of the molecule is CC(C)(C)OC(=O)O[C@H]1C=CCN(C(=O)OCc2ccccc2)C1. The van der Waals surface area contributed by atoms with Crippen LogP contribution in [0.2, 0.25) is 0 Å². The van der Waals surface area contributed by atoms with E-state index in [-0.39, 0.29) is 13.2 Å². The molecule has 130 valence electrons. The zero-order valence-electron chi connectivity index (χ0n) is 14.2. The van der Waals surface area contributed by atoms with Gasteiger partial charge in [-0.1, -0.05) is 36.4 Å². The Balaban J connectivity index is 1.81. The van der Waals surface area contributed by atoms with Crippen LogP contribution in [0.1, 0.15) is 26.3 Å². The molecule has 2 rings (SSSR count). The number of hydrogen-bond donors (Lipinski definition) is 0. The molecule has 1 aromatic rings. The van der Waals surface area contributed by atoms with Gasteiger partial charge < -0.3 is 19.1 Å². The summed E-state index contributed by atoms with van der Waals surface area (Å²) < 4.78 is 15.6. The molecule has 1 aromatic carbocycles. The third-order valence-corrected chi connectivity index (χ3v) is 3.18. The molecule has 6 heteroatoms. The molecule has 0 aromatic heterocycles. The second kappa shape index (κ2) is 7.86. The van der Waals surface area contributed by atoms with Crippen LogP contribution in [0.25, 0.3) is 0 Å². The van der Waals surface area contributed by atoms with Crippen molar-refractivity contribution in [1.82, 2.24) is 4.90 Å². The normalized spacial score (nSPS) is 17.3. The van der Waals surface area contributed by atoms with Crippen molar-refractivity contribution in [2.75, 3.05) is 13.1 Å². The maximum Gasteiger partial charge on any atom is 0.509 e. The van der Waals surface area contributed by atoms with Gasteiger partial charge in [-0.2, -0.15) is 0 Å². The molecular formula is C18H23NO5. The van der Waals surface area contributed by atoms with E-state index in [4.69, 9.17) is 14.2 Å². The van der Waals surface area contributed by atoms with Crippen molar-refractivity contribution in [3.8, 4) is 0 Å². The molecule has 1 heterocycles. The van der Waals surface area contributed by atoms with Crippen LogP contribution in [-0.4, -0.2) is 41.9 Å². The molecule has 0 saturated carbocycles. The molecule has 6 nitrogen and oxygen atoms in total. The third kappa shape index (κ3) is 5.95. The van der Waals surface area contributed by atoms with Gasteiger partial charge in [-0.15, -0.1) is 0 Å². The minimum atomic E-state index is -0.753. The predicted octanol–water partition coefficient (Wildman–Crippen LogP) is 3.52. The quantitative estimate of drug-likeness (QED) is 0.625. The van der Waals surface area contributed by atoms with Crippen LogP contribution in [-0.2, 0) is 20.8 Å². The van der Waals surface area contributed by atoms with Crippen LogP contribution in [0.3, 0.4) is 0 Å². The fourth-order valence-electron chi connectivity index (χ4n) is 2.13. The number of ether oxygens (including phenoxy) is 3. The lowest BCUT2D eigenvalue weighted by Crippen LogP contribution is -2.42. The summed E-state index contributed by atoms with van der Waals surface area (Å²) >= 11 is 0. The van der Waals surface area contributed by atoms with Crippen molar-refractivity contribution in [2.24, 2.45) is 0 Å². The molecule has 1 amide bonds. The van der Waals surface area contributed by atoms with E-state index < -0.39 is 24.0 Å². The maximum absolute atomic E-state index is 12.1. The Bertz CT molecular complexity index is 591. The van der Waals surface area contributed by atoms with Gasteiger partial charge in [0.05, 0.1) is 6.54 Å². The summed E-state index contributed by atoms with van der Waals surface area (Å²) in [5, 5.41) is 0. The lowest BCUT2D eigenvalue weighted by Gasteiger charge is -2.28. The first kappa shape index (κ1) is 17.8. The Morgan fingerprint density at radius 3 is 2.58 bits per heavy atom. The average Bonchev–Trinajstić information content (AvgIpc) is 2.52. The number of nitrogens with zero attached hydrogens (tertiary/aromatic N) is 1. The molecule has 24 heavy (non-hydrogen) atoms. The largest absolute Gasteiger partial charge is 0.509 e. The minimum Gasteiger partial charge on any atom is -0.445 e. The smallest absolute Gasteiger partial charge is 0.445 e. The maximum atomic E-state index is 12.1. The molecule has 1 aliphatic heterocycles. The van der Waals surface area contributed by atoms with Gasteiger partial charge in [-0.3, -0.25) is 0 Å². The Hall–Kier alpha value is -2.50. The highest BCUT2D eigenvalue weighted by molar-refractivity contribution is 5.68. The van der Waals surface area contributed by atoms with Crippen LogP contribution >= 0.6 is 0 Å². The number of carbonyl (C=O) groups excluding carboxylic acids is 2. The number of carbonyl (C=O) groups is 2. The van der Waals surface area contributed by atoms with Crippen LogP contribution in [0, 0.1) is 0 Å². The summed E-state index contributed by atoms with van der Waals surface area (Å²) in [6, 6.07) is 9.45. The molecule has 0 aliphatic carbocycles.